The minimum atomic E-state index is -0.394. The molecule has 3 rings (SSSR count). The molecule has 0 radical (unpaired) electrons. The molecular formula is C18H21N3O5. The van der Waals surface area contributed by atoms with Gasteiger partial charge in [-0.3, -0.25) is 20.2 Å². The van der Waals surface area contributed by atoms with Gasteiger partial charge in [-0.1, -0.05) is 18.2 Å². The first-order valence-electron chi connectivity index (χ1n) is 8.25. The number of nitro groups is 2. The van der Waals surface area contributed by atoms with Crippen molar-refractivity contribution in [3.8, 4) is 0 Å². The average molecular weight is 359 g/mol. The minimum Gasteiger partial charge on any atom is -0.412 e. The Hall–Kier alpha value is -2.84. The predicted octanol–water partition coefficient (Wildman–Crippen LogP) is 2.32. The standard InChI is InChI=1S/C18H19N3O4.H2O/c22-20(23)17-4-1-14(2-5-17)7-10-19-11-8-15-3-6-18(21(24)25)13-16(15)9-12-19;/h1-6,13H,7-12H2;1H2. The summed E-state index contributed by atoms with van der Waals surface area (Å²) in [6.07, 6.45) is 2.51. The number of non-ortho nitro benzene ring substituents is 2. The van der Waals surface area contributed by atoms with Crippen molar-refractivity contribution in [1.29, 1.82) is 0 Å². The summed E-state index contributed by atoms with van der Waals surface area (Å²) in [5.74, 6) is 0. The number of nitro benzene ring substituents is 2. The van der Waals surface area contributed by atoms with Crippen LogP contribution in [0.3, 0.4) is 0 Å². The van der Waals surface area contributed by atoms with Gasteiger partial charge in [0.05, 0.1) is 9.85 Å². The van der Waals surface area contributed by atoms with Gasteiger partial charge < -0.3 is 10.4 Å². The van der Waals surface area contributed by atoms with Crippen LogP contribution in [0.25, 0.3) is 0 Å². The molecule has 2 aromatic rings. The maximum absolute atomic E-state index is 10.9. The first-order valence-corrected chi connectivity index (χ1v) is 8.25. The first kappa shape index (κ1) is 19.5. The van der Waals surface area contributed by atoms with Gasteiger partial charge in [0.1, 0.15) is 0 Å². The highest BCUT2D eigenvalue weighted by molar-refractivity contribution is 5.40. The molecule has 0 aromatic heterocycles. The van der Waals surface area contributed by atoms with E-state index >= 15 is 0 Å². The smallest absolute Gasteiger partial charge is 0.269 e. The highest BCUT2D eigenvalue weighted by atomic mass is 16.6. The summed E-state index contributed by atoms with van der Waals surface area (Å²) >= 11 is 0. The van der Waals surface area contributed by atoms with E-state index in [2.05, 4.69) is 4.90 Å². The van der Waals surface area contributed by atoms with Gasteiger partial charge in [-0.25, -0.2) is 0 Å². The number of hydrogen-bond donors (Lipinski definition) is 0. The topological polar surface area (TPSA) is 121 Å². The molecule has 0 spiro atoms. The maximum Gasteiger partial charge on any atom is 0.269 e. The molecule has 0 saturated heterocycles. The van der Waals surface area contributed by atoms with Crippen LogP contribution in [0, 0.1) is 20.2 Å². The van der Waals surface area contributed by atoms with Crippen molar-refractivity contribution in [3.63, 3.8) is 0 Å². The third-order valence-corrected chi connectivity index (χ3v) is 4.66. The molecule has 138 valence electrons. The molecule has 0 amide bonds. The van der Waals surface area contributed by atoms with Crippen molar-refractivity contribution in [3.05, 3.63) is 79.4 Å². The fourth-order valence-corrected chi connectivity index (χ4v) is 3.17. The van der Waals surface area contributed by atoms with Crippen LogP contribution in [0.2, 0.25) is 0 Å². The van der Waals surface area contributed by atoms with E-state index in [1.54, 1.807) is 24.3 Å². The summed E-state index contributed by atoms with van der Waals surface area (Å²) in [6, 6.07) is 11.8. The number of hydrogen-bond acceptors (Lipinski definition) is 5. The number of fused-ring (bicyclic) bond motifs is 1. The highest BCUT2D eigenvalue weighted by Crippen LogP contribution is 2.22. The van der Waals surface area contributed by atoms with Crippen LogP contribution < -0.4 is 0 Å². The molecule has 2 N–H and O–H groups in total. The third-order valence-electron chi connectivity index (χ3n) is 4.66. The zero-order chi connectivity index (χ0) is 17.8. The quantitative estimate of drug-likeness (QED) is 0.599. The summed E-state index contributed by atoms with van der Waals surface area (Å²) < 4.78 is 0. The van der Waals surface area contributed by atoms with Crippen LogP contribution in [0.4, 0.5) is 11.4 Å². The van der Waals surface area contributed by atoms with E-state index in [4.69, 9.17) is 0 Å². The van der Waals surface area contributed by atoms with Gasteiger partial charge in [0.25, 0.3) is 11.4 Å². The predicted molar refractivity (Wildman–Crippen MR) is 97.4 cm³/mol. The second kappa shape index (κ2) is 8.50. The fraction of sp³-hybridized carbons (Fsp3) is 0.333. The zero-order valence-electron chi connectivity index (χ0n) is 14.3. The molecule has 0 aliphatic carbocycles. The molecule has 1 aliphatic rings. The summed E-state index contributed by atoms with van der Waals surface area (Å²) in [4.78, 5) is 23.2. The van der Waals surface area contributed by atoms with E-state index in [9.17, 15) is 20.2 Å². The highest BCUT2D eigenvalue weighted by Gasteiger charge is 2.17. The Bertz CT molecular complexity index is 792. The van der Waals surface area contributed by atoms with Crippen molar-refractivity contribution in [1.82, 2.24) is 4.90 Å². The van der Waals surface area contributed by atoms with E-state index in [0.29, 0.717) is 0 Å². The van der Waals surface area contributed by atoms with E-state index < -0.39 is 4.92 Å². The van der Waals surface area contributed by atoms with Crippen LogP contribution in [-0.4, -0.2) is 39.9 Å². The van der Waals surface area contributed by atoms with E-state index in [-0.39, 0.29) is 21.8 Å². The molecule has 8 nitrogen and oxygen atoms in total. The van der Waals surface area contributed by atoms with Crippen molar-refractivity contribution in [2.75, 3.05) is 19.6 Å². The zero-order valence-corrected chi connectivity index (χ0v) is 14.3. The summed E-state index contributed by atoms with van der Waals surface area (Å²) in [5.41, 5.74) is 3.58. The van der Waals surface area contributed by atoms with Crippen LogP contribution in [0.5, 0.6) is 0 Å². The van der Waals surface area contributed by atoms with Gasteiger partial charge in [0.2, 0.25) is 0 Å². The Morgan fingerprint density at radius 1 is 0.846 bits per heavy atom. The van der Waals surface area contributed by atoms with Gasteiger partial charge in [-0.05, 0) is 36.0 Å². The Kier molecular flexibility index (Phi) is 6.37. The lowest BCUT2D eigenvalue weighted by molar-refractivity contribution is -0.385. The largest absolute Gasteiger partial charge is 0.412 e. The molecule has 0 unspecified atom stereocenters. The van der Waals surface area contributed by atoms with Gasteiger partial charge in [0, 0.05) is 43.9 Å². The number of rotatable bonds is 5. The normalized spacial score (nSPS) is 14.0. The summed E-state index contributed by atoms with van der Waals surface area (Å²) in [7, 11) is 0. The van der Waals surface area contributed by atoms with Crippen LogP contribution in [-0.2, 0) is 19.3 Å². The van der Waals surface area contributed by atoms with Gasteiger partial charge in [0.15, 0.2) is 0 Å². The second-order valence-electron chi connectivity index (χ2n) is 6.23. The number of nitrogens with zero attached hydrogens (tertiary/aromatic N) is 3. The lowest BCUT2D eigenvalue weighted by Gasteiger charge is -2.19. The minimum absolute atomic E-state index is 0. The van der Waals surface area contributed by atoms with Crippen LogP contribution in [0.1, 0.15) is 16.7 Å². The Labute approximate surface area is 150 Å². The van der Waals surface area contributed by atoms with Crippen molar-refractivity contribution in [2.24, 2.45) is 0 Å². The Balaban J connectivity index is 0.00000243. The Morgan fingerprint density at radius 2 is 1.42 bits per heavy atom. The molecule has 1 aliphatic heterocycles. The van der Waals surface area contributed by atoms with Crippen LogP contribution in [0.15, 0.2) is 42.5 Å². The van der Waals surface area contributed by atoms with Gasteiger partial charge in [-0.15, -0.1) is 0 Å². The molecule has 8 heteroatoms. The molecule has 2 aromatic carbocycles. The molecule has 26 heavy (non-hydrogen) atoms. The Morgan fingerprint density at radius 3 is 2.04 bits per heavy atom. The van der Waals surface area contributed by atoms with E-state index in [0.717, 1.165) is 50.0 Å². The van der Waals surface area contributed by atoms with E-state index in [1.807, 2.05) is 6.07 Å². The van der Waals surface area contributed by atoms with Crippen molar-refractivity contribution < 1.29 is 15.3 Å². The molecule has 1 heterocycles. The number of benzene rings is 2. The van der Waals surface area contributed by atoms with Gasteiger partial charge >= 0.3 is 0 Å². The SMILES string of the molecule is O.O=[N+]([O-])c1ccc(CCN2CCc3ccc([N+](=O)[O-])cc3CC2)cc1. The summed E-state index contributed by atoms with van der Waals surface area (Å²) in [5, 5.41) is 21.6. The average Bonchev–Trinajstić information content (AvgIpc) is 2.82. The monoisotopic (exact) mass is 359 g/mol. The first-order chi connectivity index (χ1) is 12.0. The third kappa shape index (κ3) is 4.62. The van der Waals surface area contributed by atoms with Crippen molar-refractivity contribution in [2.45, 2.75) is 19.3 Å². The molecule has 0 fully saturated rings. The van der Waals surface area contributed by atoms with E-state index in [1.165, 1.54) is 17.7 Å². The molecular weight excluding hydrogens is 338 g/mol. The summed E-state index contributed by atoms with van der Waals surface area (Å²) in [6.45, 7) is 2.65. The molecule has 0 atom stereocenters. The van der Waals surface area contributed by atoms with Crippen LogP contribution >= 0.6 is 0 Å². The second-order valence-corrected chi connectivity index (χ2v) is 6.23. The molecule has 0 bridgehead atoms. The molecule has 0 saturated carbocycles. The van der Waals surface area contributed by atoms with Gasteiger partial charge in [-0.2, -0.15) is 0 Å². The fourth-order valence-electron chi connectivity index (χ4n) is 3.17. The maximum atomic E-state index is 10.9. The lowest BCUT2D eigenvalue weighted by Crippen LogP contribution is -2.28. The lowest BCUT2D eigenvalue weighted by atomic mass is 10.0. The van der Waals surface area contributed by atoms with Crippen molar-refractivity contribution >= 4 is 11.4 Å².